The summed E-state index contributed by atoms with van der Waals surface area (Å²) in [7, 11) is -4.11. The fourth-order valence-corrected chi connectivity index (χ4v) is 9.06. The summed E-state index contributed by atoms with van der Waals surface area (Å²) in [5.74, 6) is 0.830. The van der Waals surface area contributed by atoms with Gasteiger partial charge >= 0.3 is 16.1 Å². The van der Waals surface area contributed by atoms with Crippen LogP contribution in [0.15, 0.2) is 65.8 Å². The van der Waals surface area contributed by atoms with Gasteiger partial charge in [-0.25, -0.2) is 4.79 Å². The Balaban J connectivity index is 0.985. The number of piperidine rings is 1. The van der Waals surface area contributed by atoms with Crippen LogP contribution in [0.1, 0.15) is 56.9 Å². The van der Waals surface area contributed by atoms with E-state index in [1.807, 2.05) is 4.90 Å². The van der Waals surface area contributed by atoms with Crippen molar-refractivity contribution in [3.05, 3.63) is 66.5 Å². The zero-order valence-corrected chi connectivity index (χ0v) is 25.3. The van der Waals surface area contributed by atoms with Gasteiger partial charge in [0.15, 0.2) is 0 Å². The van der Waals surface area contributed by atoms with Gasteiger partial charge in [-0.2, -0.15) is 8.42 Å². The summed E-state index contributed by atoms with van der Waals surface area (Å²) in [6.45, 7) is 1.17. The molecule has 3 aromatic rings. The number of nitrogens with one attached hydrogen (secondary N) is 1. The number of imide groups is 1. The predicted octanol–water partition coefficient (Wildman–Crippen LogP) is 4.43. The van der Waals surface area contributed by atoms with Gasteiger partial charge in [0.2, 0.25) is 5.91 Å². The minimum Gasteiger partial charge on any atom is -0.379 e. The number of urea groups is 1. The number of carbonyl (C=O) groups excluding carboxylic acids is 3. The number of likely N-dealkylation sites (tertiary alicyclic amines) is 1. The van der Waals surface area contributed by atoms with Gasteiger partial charge in [-0.15, -0.1) is 0 Å². The molecule has 2 aromatic carbocycles. The second-order valence-electron chi connectivity index (χ2n) is 12.9. The second-order valence-corrected chi connectivity index (χ2v) is 14.4. The van der Waals surface area contributed by atoms with Crippen LogP contribution in [-0.2, 0) is 26.1 Å². The number of hydrogen-bond donors (Lipinski definition) is 1. The van der Waals surface area contributed by atoms with Crippen LogP contribution in [0.5, 0.6) is 5.75 Å². The molecular formula is C33H36N4O6S. The highest BCUT2D eigenvalue weighted by molar-refractivity contribution is 7.87. The first kappa shape index (κ1) is 28.8. The van der Waals surface area contributed by atoms with Crippen molar-refractivity contribution in [2.45, 2.75) is 74.8 Å². The normalized spacial score (nSPS) is 25.5. The molecule has 2 saturated heterocycles. The van der Waals surface area contributed by atoms with E-state index in [4.69, 9.17) is 4.18 Å². The van der Waals surface area contributed by atoms with Gasteiger partial charge in [-0.1, -0.05) is 24.3 Å². The summed E-state index contributed by atoms with van der Waals surface area (Å²) in [5, 5.41) is 3.68. The molecule has 4 aliphatic rings. The van der Waals surface area contributed by atoms with Crippen LogP contribution >= 0.6 is 0 Å². The van der Waals surface area contributed by atoms with Gasteiger partial charge in [0.1, 0.15) is 16.7 Å². The number of amides is 4. The molecule has 0 spiro atoms. The molecule has 230 valence electrons. The van der Waals surface area contributed by atoms with Crippen molar-refractivity contribution in [2.75, 3.05) is 13.1 Å². The molecule has 2 bridgehead atoms. The summed E-state index contributed by atoms with van der Waals surface area (Å²) in [6, 6.07) is 11.9. The van der Waals surface area contributed by atoms with Crippen LogP contribution in [0.2, 0.25) is 0 Å². The van der Waals surface area contributed by atoms with Crippen LogP contribution in [0.4, 0.5) is 4.79 Å². The molecule has 44 heavy (non-hydrogen) atoms. The lowest BCUT2D eigenvalue weighted by atomic mass is 9.80. The first-order chi connectivity index (χ1) is 21.2. The van der Waals surface area contributed by atoms with Crippen LogP contribution < -0.4 is 9.50 Å². The number of aromatic nitrogens is 1. The average Bonchev–Trinajstić information content (AvgIpc) is 3.70. The van der Waals surface area contributed by atoms with E-state index < -0.39 is 22.2 Å². The van der Waals surface area contributed by atoms with E-state index in [2.05, 4.69) is 10.3 Å². The molecule has 1 aromatic heterocycles. The molecule has 2 aliphatic carbocycles. The van der Waals surface area contributed by atoms with Crippen LogP contribution in [0.3, 0.4) is 0 Å². The topological polar surface area (TPSA) is 126 Å². The third-order valence-electron chi connectivity index (χ3n) is 10.2. The summed E-state index contributed by atoms with van der Waals surface area (Å²) < 4.78 is 31.6. The van der Waals surface area contributed by atoms with E-state index in [1.165, 1.54) is 44.4 Å². The molecule has 0 radical (unpaired) electrons. The van der Waals surface area contributed by atoms with E-state index >= 15 is 0 Å². The van der Waals surface area contributed by atoms with Gasteiger partial charge in [0.05, 0.1) is 0 Å². The number of pyridine rings is 1. The Bertz CT molecular complexity index is 1700. The Morgan fingerprint density at radius 1 is 1.00 bits per heavy atom. The van der Waals surface area contributed by atoms with Crippen molar-refractivity contribution in [1.29, 1.82) is 0 Å². The molecule has 2 saturated carbocycles. The lowest BCUT2D eigenvalue weighted by molar-refractivity contribution is -0.135. The quantitative estimate of drug-likeness (QED) is 0.293. The van der Waals surface area contributed by atoms with Crippen molar-refractivity contribution in [2.24, 2.45) is 11.3 Å². The molecule has 4 amide bonds. The largest absolute Gasteiger partial charge is 0.379 e. The van der Waals surface area contributed by atoms with Crippen LogP contribution in [0, 0.1) is 11.3 Å². The number of benzene rings is 2. The van der Waals surface area contributed by atoms with E-state index in [-0.39, 0.29) is 40.3 Å². The van der Waals surface area contributed by atoms with Crippen molar-refractivity contribution < 1.29 is 27.0 Å². The molecular weight excluding hydrogens is 580 g/mol. The zero-order valence-electron chi connectivity index (χ0n) is 24.5. The maximum Gasteiger partial charge on any atom is 0.339 e. The average molecular weight is 617 g/mol. The van der Waals surface area contributed by atoms with Crippen LogP contribution in [0.25, 0.3) is 10.8 Å². The molecule has 3 heterocycles. The van der Waals surface area contributed by atoms with Crippen molar-refractivity contribution in [3.8, 4) is 5.75 Å². The molecule has 1 N–H and O–H groups in total. The molecule has 10 nitrogen and oxygen atoms in total. The highest BCUT2D eigenvalue weighted by Crippen LogP contribution is 2.56. The summed E-state index contributed by atoms with van der Waals surface area (Å²) in [5.41, 5.74) is 0.979. The van der Waals surface area contributed by atoms with Crippen molar-refractivity contribution in [1.82, 2.24) is 20.1 Å². The SMILES string of the molecule is O=C1NC(=O)N(C2CCN(C(=O)CC34CCC(CC3)C4)CC2)C1Cc1ccc(OS(=O)(=O)c2cccc3cnccc23)cc1. The Kier molecular flexibility index (Phi) is 7.31. The Morgan fingerprint density at radius 2 is 1.75 bits per heavy atom. The molecule has 2 aliphatic heterocycles. The third kappa shape index (κ3) is 5.42. The van der Waals surface area contributed by atoms with Crippen molar-refractivity contribution in [3.63, 3.8) is 0 Å². The fraction of sp³-hybridized carbons (Fsp3) is 0.455. The summed E-state index contributed by atoms with van der Waals surface area (Å²) >= 11 is 0. The highest BCUT2D eigenvalue weighted by Gasteiger charge is 2.47. The lowest BCUT2D eigenvalue weighted by Gasteiger charge is -2.39. The van der Waals surface area contributed by atoms with Gasteiger partial charge in [0, 0.05) is 55.1 Å². The fourth-order valence-electron chi connectivity index (χ4n) is 7.90. The molecule has 1 unspecified atom stereocenters. The van der Waals surface area contributed by atoms with E-state index in [9.17, 15) is 22.8 Å². The first-order valence-corrected chi connectivity index (χ1v) is 16.9. The van der Waals surface area contributed by atoms with Gasteiger partial charge in [0.25, 0.3) is 5.91 Å². The zero-order chi connectivity index (χ0) is 30.5. The molecule has 11 heteroatoms. The Labute approximate surface area is 256 Å². The monoisotopic (exact) mass is 616 g/mol. The Hall–Kier alpha value is -3.99. The van der Waals surface area contributed by atoms with Gasteiger partial charge < -0.3 is 14.0 Å². The van der Waals surface area contributed by atoms with Crippen molar-refractivity contribution >= 4 is 38.7 Å². The van der Waals surface area contributed by atoms with Crippen LogP contribution in [-0.4, -0.2) is 66.2 Å². The molecule has 4 fully saturated rings. The molecule has 7 rings (SSSR count). The predicted molar refractivity (Wildman–Crippen MR) is 162 cm³/mol. The van der Waals surface area contributed by atoms with E-state index in [0.29, 0.717) is 43.1 Å². The lowest BCUT2D eigenvalue weighted by Crippen LogP contribution is -2.51. The maximum absolute atomic E-state index is 13.2. The van der Waals surface area contributed by atoms with E-state index in [1.54, 1.807) is 53.6 Å². The minimum absolute atomic E-state index is 0.0522. The smallest absolute Gasteiger partial charge is 0.339 e. The molecule has 1 atom stereocenters. The number of fused-ring (bicyclic) bond motifs is 3. The highest BCUT2D eigenvalue weighted by atomic mass is 32.2. The second kappa shape index (κ2) is 11.2. The summed E-state index contributed by atoms with van der Waals surface area (Å²) in [4.78, 5) is 46.6. The van der Waals surface area contributed by atoms with E-state index in [0.717, 1.165) is 11.5 Å². The number of carbonyl (C=O) groups is 3. The summed E-state index contributed by atoms with van der Waals surface area (Å²) in [6.07, 6.45) is 11.4. The van der Waals surface area contributed by atoms with Gasteiger partial charge in [-0.3, -0.25) is 19.9 Å². The number of rotatable bonds is 8. The minimum atomic E-state index is -4.11. The number of nitrogens with zero attached hydrogens (tertiary/aromatic N) is 3. The third-order valence-corrected chi connectivity index (χ3v) is 11.5. The number of hydrogen-bond acceptors (Lipinski definition) is 7. The Morgan fingerprint density at radius 3 is 2.45 bits per heavy atom. The standard InChI is InChI=1S/C33H36N4O6S/c38-30(20-33-13-8-23(19-33)9-14-33)36-16-11-25(12-17-36)37-28(31(39)35-32(37)40)18-22-4-6-26(7-5-22)43-44(41,42)29-3-1-2-24-21-34-15-10-27(24)29/h1-7,10,15,21,23,25,28H,8-9,11-14,16-20H2,(H,35,39,40). The first-order valence-electron chi connectivity index (χ1n) is 15.5. The van der Waals surface area contributed by atoms with Gasteiger partial charge in [-0.05, 0) is 86.1 Å². The maximum atomic E-state index is 13.2.